The standard InChI is InChI=1S/C95H140FN19O29S2/c1-53(2)40-68-85(126)102-50-78(119)105-67(19-21-79(120)121)86(127)108-69(41-54(3)4)91(132)113-82(55(5)6)94(135)110-71(44-61-49-100-66-17-13-11-15-63(61)66)88(129)112-75(93(134)114-83(57(8)116)95(136)137)52-146-145-51-74(111-90(131)73(46-80(122)123)104-58(9)117)92(133)103-56(7)84(125)106-70(43-60-48-99-65-16-12-10-14-62(60)65)87(128)109-72(89(130)107-68)45-77(118)101-47-59-18-20-76(64(96)42-59)144-81(124)22-28-138-34-37-141-31-25-115(26-32-142-38-35-139-29-23-97)27-33-143-39-36-140-30-24-98/h10-18,20,42,48-49,53-57,67-75,82-83,99-100,116H,19,21-41,43-47,50-52,97-98H2,1-9H3,(H,101,118)(H,102,126)(H,103,133)(H,104,117)(H,105,119)(H,106,125)(H,107,130)(H,108,127)(H,109,128)(H,110,135)(H,111,131)(H,112,129)(H,113,132)(H,114,134)(H,120,121)(H,122,123)(H,136,137)/t56-,57+,67-,68-,69-,70-,71-,72-,73-,74-,75-,82-,83-/m0/s1. The van der Waals surface area contributed by atoms with Crippen molar-refractivity contribution < 1.29 is 144 Å². The molecule has 3 heterocycles. The number of benzene rings is 3. The molecule has 2 aromatic heterocycles. The van der Waals surface area contributed by atoms with Gasteiger partial charge in [-0.25, -0.2) is 9.18 Å². The van der Waals surface area contributed by atoms with E-state index in [2.05, 4.69) is 89.3 Å². The number of aliphatic hydroxyl groups excluding tert-OH is 1. The van der Waals surface area contributed by atoms with E-state index in [9.17, 15) is 92.3 Å². The number of esters is 1. The average Bonchev–Trinajstić information content (AvgIpc) is 1.72. The number of para-hydroxylation sites is 2. The van der Waals surface area contributed by atoms with Gasteiger partial charge in [0, 0.05) is 111 Å². The van der Waals surface area contributed by atoms with Gasteiger partial charge < -0.3 is 149 Å². The Labute approximate surface area is 851 Å². The summed E-state index contributed by atoms with van der Waals surface area (Å²) >= 11 is 0. The van der Waals surface area contributed by atoms with E-state index < -0.39 is 271 Å². The van der Waals surface area contributed by atoms with Gasteiger partial charge in [-0.1, -0.05) is 106 Å². The summed E-state index contributed by atoms with van der Waals surface area (Å²) in [6, 6.07) is -4.53. The number of ether oxygens (including phenoxy) is 7. The molecular weight excluding hydrogens is 1950 g/mol. The number of aliphatic hydroxyl groups is 1. The maximum Gasteiger partial charge on any atom is 0.328 e. The summed E-state index contributed by atoms with van der Waals surface area (Å²) in [5, 5.41) is 76.2. The molecule has 1 aliphatic rings. The van der Waals surface area contributed by atoms with E-state index in [1.807, 2.05) is 0 Å². The smallest absolute Gasteiger partial charge is 0.328 e. The normalized spacial score (nSPS) is 20.1. The second-order valence-corrected chi connectivity index (χ2v) is 38.1. The van der Waals surface area contributed by atoms with Crippen LogP contribution in [0.4, 0.5) is 4.39 Å². The fourth-order valence-electron chi connectivity index (χ4n) is 14.7. The van der Waals surface area contributed by atoms with Gasteiger partial charge in [0.15, 0.2) is 17.6 Å². The molecule has 0 aliphatic carbocycles. The minimum Gasteiger partial charge on any atom is -0.481 e. The number of nitrogens with two attached hydrogens (primary N) is 2. The van der Waals surface area contributed by atoms with Crippen molar-refractivity contribution in [1.82, 2.24) is 89.3 Å². The van der Waals surface area contributed by atoms with Crippen molar-refractivity contribution in [3.63, 3.8) is 0 Å². The molecule has 5 aromatic rings. The number of nitrogens with one attached hydrogen (secondary N) is 16. The maximum atomic E-state index is 15.9. The average molecular weight is 2100 g/mol. The highest BCUT2D eigenvalue weighted by atomic mass is 33.1. The lowest BCUT2D eigenvalue weighted by Crippen LogP contribution is -2.61. The van der Waals surface area contributed by atoms with Crippen LogP contribution in [0.2, 0.25) is 0 Å². The highest BCUT2D eigenvalue weighted by molar-refractivity contribution is 8.76. The van der Waals surface area contributed by atoms with Gasteiger partial charge in [-0.3, -0.25) is 86.4 Å². The van der Waals surface area contributed by atoms with Gasteiger partial charge in [-0.05, 0) is 91.8 Å². The number of H-pyrrole nitrogens is 2. The van der Waals surface area contributed by atoms with Gasteiger partial charge in [0.05, 0.1) is 111 Å². The van der Waals surface area contributed by atoms with E-state index in [0.717, 1.165) is 32.9 Å². The molecule has 51 heteroatoms. The first-order valence-corrected chi connectivity index (χ1v) is 50.4. The minimum absolute atomic E-state index is 0.0766. The summed E-state index contributed by atoms with van der Waals surface area (Å²) < 4.78 is 54.7. The zero-order valence-electron chi connectivity index (χ0n) is 83.2. The van der Waals surface area contributed by atoms with Crippen LogP contribution in [-0.2, 0) is 134 Å². The number of amides is 14. The van der Waals surface area contributed by atoms with E-state index >= 15 is 18.8 Å². The monoisotopic (exact) mass is 2090 g/mol. The molecule has 808 valence electrons. The first kappa shape index (κ1) is 122. The Bertz CT molecular complexity index is 5120. The molecule has 48 nitrogen and oxygen atoms in total. The summed E-state index contributed by atoms with van der Waals surface area (Å²) in [6.45, 7) is 17.7. The maximum absolute atomic E-state index is 15.9. The first-order valence-electron chi connectivity index (χ1n) is 48.0. The minimum atomic E-state index is -2.04. The number of carbonyl (C=O) groups excluding carboxylic acids is 15. The fraction of sp³-hybridized carbons (Fsp3) is 0.579. The van der Waals surface area contributed by atoms with Crippen molar-refractivity contribution in [3.8, 4) is 5.75 Å². The number of aromatic amines is 2. The molecular formula is C95H140FN19O29S2. The van der Waals surface area contributed by atoms with Crippen LogP contribution in [0.5, 0.6) is 5.75 Å². The van der Waals surface area contributed by atoms with Crippen LogP contribution >= 0.6 is 21.6 Å². The number of nitrogens with zero attached hydrogens (tertiary/aromatic N) is 1. The third kappa shape index (κ3) is 44.8. The van der Waals surface area contributed by atoms with Crippen molar-refractivity contribution >= 4 is 150 Å². The summed E-state index contributed by atoms with van der Waals surface area (Å²) in [6.07, 6.45) is -3.61. The van der Waals surface area contributed by atoms with Crippen LogP contribution in [0, 0.1) is 23.6 Å². The molecule has 14 amide bonds. The number of carbonyl (C=O) groups is 18. The largest absolute Gasteiger partial charge is 0.481 e. The number of hydrogen-bond acceptors (Lipinski definition) is 31. The quantitative estimate of drug-likeness (QED) is 0.00851. The van der Waals surface area contributed by atoms with Gasteiger partial charge in [-0.15, -0.1) is 0 Å². The van der Waals surface area contributed by atoms with Gasteiger partial charge >= 0.3 is 23.9 Å². The number of rotatable bonds is 51. The Morgan fingerprint density at radius 1 is 0.527 bits per heavy atom. The molecule has 1 saturated heterocycles. The molecule has 13 atom stereocenters. The van der Waals surface area contributed by atoms with E-state index in [-0.39, 0.29) is 51.1 Å². The second-order valence-electron chi connectivity index (χ2n) is 35.6. The molecule has 24 N–H and O–H groups in total. The van der Waals surface area contributed by atoms with E-state index in [4.69, 9.17) is 44.6 Å². The highest BCUT2D eigenvalue weighted by Gasteiger charge is 2.40. The number of carboxylic acids is 3. The topological polar surface area (TPSA) is 708 Å². The highest BCUT2D eigenvalue weighted by Crippen LogP contribution is 2.27. The summed E-state index contributed by atoms with van der Waals surface area (Å²) in [4.78, 5) is 262. The third-order valence-corrected chi connectivity index (χ3v) is 24.7. The molecule has 0 bridgehead atoms. The number of aliphatic carboxylic acids is 3. The van der Waals surface area contributed by atoms with E-state index in [1.165, 1.54) is 32.3 Å². The number of aromatic nitrogens is 2. The number of hydrogen-bond donors (Lipinski definition) is 22. The van der Waals surface area contributed by atoms with Crippen molar-refractivity contribution in [1.29, 1.82) is 0 Å². The van der Waals surface area contributed by atoms with Gasteiger partial charge in [0.2, 0.25) is 82.7 Å². The number of fused-ring (bicyclic) bond motifs is 2. The van der Waals surface area contributed by atoms with Crippen LogP contribution < -0.4 is 90.6 Å². The van der Waals surface area contributed by atoms with Crippen LogP contribution in [-0.4, -0.2) is 351 Å². The molecule has 3 aromatic carbocycles. The van der Waals surface area contributed by atoms with Crippen molar-refractivity contribution in [2.75, 3.05) is 130 Å². The lowest BCUT2D eigenvalue weighted by Gasteiger charge is -2.29. The van der Waals surface area contributed by atoms with E-state index in [0.29, 0.717) is 147 Å². The molecule has 0 saturated carbocycles. The Hall–Kier alpha value is -12.6. The number of carboxylic acid groups (broad SMARTS) is 3. The van der Waals surface area contributed by atoms with Crippen LogP contribution in [0.25, 0.3) is 21.8 Å². The molecule has 0 spiro atoms. The van der Waals surface area contributed by atoms with Crippen LogP contribution in [0.15, 0.2) is 79.1 Å². The number of halogens is 1. The van der Waals surface area contributed by atoms with Crippen molar-refractivity contribution in [2.24, 2.45) is 29.2 Å². The molecule has 0 radical (unpaired) electrons. The zero-order chi connectivity index (χ0) is 107. The first-order chi connectivity index (χ1) is 69.5. The van der Waals surface area contributed by atoms with Crippen LogP contribution in [0.3, 0.4) is 0 Å². The predicted octanol–water partition coefficient (Wildman–Crippen LogP) is -2.18. The lowest BCUT2D eigenvalue weighted by molar-refractivity contribution is -0.145. The zero-order valence-corrected chi connectivity index (χ0v) is 84.9. The Morgan fingerprint density at radius 2 is 1.02 bits per heavy atom. The van der Waals surface area contributed by atoms with Crippen molar-refractivity contribution in [2.45, 2.75) is 205 Å². The summed E-state index contributed by atoms with van der Waals surface area (Å²) in [5.41, 5.74) is 12.9. The summed E-state index contributed by atoms with van der Waals surface area (Å²) in [5.74, 6) is -25.7. The van der Waals surface area contributed by atoms with Gasteiger partial charge in [0.25, 0.3) is 0 Å². The van der Waals surface area contributed by atoms with Crippen molar-refractivity contribution in [3.05, 3.63) is 102 Å². The fourth-order valence-corrected chi connectivity index (χ4v) is 17.0. The SMILES string of the molecule is CC(=O)N[C@@H](CC(=O)O)C(=O)N[C@H]1CSSC[C@@H](C(=O)N[C@H](C(=O)O)[C@@H](C)O)NC(=O)[C@H](Cc2c[nH]c3ccccc23)NC(=O)[C@H](C(C)C)NC(=O)[C@H](CC(C)C)NC(=O)[C@H](CCC(=O)O)NC(=O)CNC(=O)[C@H](CC(C)C)NC(=O)[C@H](CC(=O)NCc2ccc(OC(=O)CCOCCOCCN(CCOCCOCCN)CCOCCOCCN)c(F)c2)NC(=O)[C@H](Cc2c[nH]c3ccccc23)NC(=O)[C@H](C)NC1=O. The predicted molar refractivity (Wildman–Crippen MR) is 531 cm³/mol. The Balaban J connectivity index is 1.35. The second kappa shape index (κ2) is 65.1. The summed E-state index contributed by atoms with van der Waals surface area (Å²) in [7, 11) is 1.39. The van der Waals surface area contributed by atoms with Gasteiger partial charge in [0.1, 0.15) is 66.5 Å². The molecule has 1 aliphatic heterocycles. The Kier molecular flexibility index (Phi) is 54.5. The van der Waals surface area contributed by atoms with E-state index in [1.54, 1.807) is 76.2 Å². The van der Waals surface area contributed by atoms with Crippen LogP contribution in [0.1, 0.15) is 124 Å². The Morgan fingerprint density at radius 3 is 1.53 bits per heavy atom. The lowest BCUT2D eigenvalue weighted by atomic mass is 9.98. The molecule has 0 unspecified atom stereocenters. The third-order valence-electron chi connectivity index (χ3n) is 22.3. The molecule has 146 heavy (non-hydrogen) atoms. The molecule has 6 rings (SSSR count). The van der Waals surface area contributed by atoms with Gasteiger partial charge in [-0.2, -0.15) is 0 Å². The molecule has 1 fully saturated rings.